The molecule has 1 aliphatic rings. The van der Waals surface area contributed by atoms with Gasteiger partial charge in [0.25, 0.3) is 5.91 Å². The number of phenolic OH excluding ortho intramolecular Hbond substituents is 1. The van der Waals surface area contributed by atoms with Crippen molar-refractivity contribution in [3.8, 4) is 5.75 Å². The summed E-state index contributed by atoms with van der Waals surface area (Å²) in [6.45, 7) is 2.81. The standard InChI is InChI=1S/C20H19BrF3N3O3/c1-18(2,13-7-6-11(21)8-16(13)28)10-19(30,20(22,23)24)17(29)26-14-4-3-5-15-12(14)9-25-27-15/h3-4,6-9,28,30H,5,10H2,1-2H3,(H,25,27). The van der Waals surface area contributed by atoms with Crippen LogP contribution in [0.15, 0.2) is 46.0 Å². The normalized spacial score (nSPS) is 17.6. The van der Waals surface area contributed by atoms with E-state index in [0.717, 1.165) is 0 Å². The van der Waals surface area contributed by atoms with Gasteiger partial charge >= 0.3 is 6.18 Å². The Morgan fingerprint density at radius 3 is 2.67 bits per heavy atom. The summed E-state index contributed by atoms with van der Waals surface area (Å²) in [5.74, 6) is -1.98. The van der Waals surface area contributed by atoms with Gasteiger partial charge < -0.3 is 10.2 Å². The molecule has 2 aromatic rings. The third kappa shape index (κ3) is 4.06. The van der Waals surface area contributed by atoms with Crippen LogP contribution in [0.1, 0.15) is 37.1 Å². The Kier molecular flexibility index (Phi) is 5.68. The second kappa shape index (κ2) is 7.66. The predicted octanol–water partition coefficient (Wildman–Crippen LogP) is 3.97. The molecule has 3 rings (SSSR count). The first-order valence-corrected chi connectivity index (χ1v) is 9.75. The summed E-state index contributed by atoms with van der Waals surface area (Å²) in [4.78, 5) is 16.3. The van der Waals surface area contributed by atoms with Crippen LogP contribution in [0.2, 0.25) is 0 Å². The highest BCUT2D eigenvalue weighted by Gasteiger charge is 2.61. The van der Waals surface area contributed by atoms with E-state index in [9.17, 15) is 28.2 Å². The van der Waals surface area contributed by atoms with E-state index in [0.29, 0.717) is 22.2 Å². The van der Waals surface area contributed by atoms with E-state index in [1.54, 1.807) is 12.1 Å². The van der Waals surface area contributed by atoms with Gasteiger partial charge in [0.15, 0.2) is 0 Å². The SMILES string of the molecule is CC(C)(CC(O)(C(=O)N=C1C=CCc2[nH]ncc21)C(F)(F)F)c1ccc(Br)cc1O. The Hall–Kier alpha value is -2.46. The van der Waals surface area contributed by atoms with E-state index in [-0.39, 0.29) is 17.0 Å². The molecule has 10 heteroatoms. The van der Waals surface area contributed by atoms with Crippen molar-refractivity contribution in [2.75, 3.05) is 0 Å². The van der Waals surface area contributed by atoms with Gasteiger partial charge in [-0.3, -0.25) is 9.89 Å². The molecule has 1 aromatic carbocycles. The molecule has 0 aliphatic heterocycles. The van der Waals surface area contributed by atoms with Crippen LogP contribution in [0.25, 0.3) is 0 Å². The number of aromatic nitrogens is 2. The number of benzene rings is 1. The Balaban J connectivity index is 2.01. The number of fused-ring (bicyclic) bond motifs is 1. The third-order valence-electron chi connectivity index (χ3n) is 5.02. The molecule has 0 radical (unpaired) electrons. The van der Waals surface area contributed by atoms with E-state index in [4.69, 9.17) is 0 Å². The summed E-state index contributed by atoms with van der Waals surface area (Å²) < 4.78 is 42.3. The molecule has 1 aromatic heterocycles. The van der Waals surface area contributed by atoms with Crippen LogP contribution < -0.4 is 0 Å². The highest BCUT2D eigenvalue weighted by Crippen LogP contribution is 2.44. The Morgan fingerprint density at radius 2 is 2.03 bits per heavy atom. The maximum Gasteiger partial charge on any atom is 0.426 e. The van der Waals surface area contributed by atoms with Crippen molar-refractivity contribution in [3.63, 3.8) is 0 Å². The summed E-state index contributed by atoms with van der Waals surface area (Å²) in [6.07, 6.45) is -1.44. The number of aliphatic imine (C=N–C) groups is 1. The highest BCUT2D eigenvalue weighted by atomic mass is 79.9. The van der Waals surface area contributed by atoms with E-state index >= 15 is 0 Å². The fraction of sp³-hybridized carbons (Fsp3) is 0.350. The Bertz CT molecular complexity index is 1040. The minimum Gasteiger partial charge on any atom is -0.508 e. The summed E-state index contributed by atoms with van der Waals surface area (Å²) in [6, 6.07) is 4.33. The molecule has 0 fully saturated rings. The number of nitrogens with one attached hydrogen (secondary N) is 1. The second-order valence-corrected chi connectivity index (χ2v) is 8.67. The number of aromatic amines is 1. The van der Waals surface area contributed by atoms with Gasteiger partial charge in [0.2, 0.25) is 5.60 Å². The molecule has 0 spiro atoms. The van der Waals surface area contributed by atoms with Crippen molar-refractivity contribution in [3.05, 3.63) is 57.8 Å². The lowest BCUT2D eigenvalue weighted by Crippen LogP contribution is -2.54. The maximum atomic E-state index is 13.9. The molecule has 0 saturated carbocycles. The van der Waals surface area contributed by atoms with Gasteiger partial charge in [0, 0.05) is 28.6 Å². The van der Waals surface area contributed by atoms with Gasteiger partial charge in [-0.25, -0.2) is 4.99 Å². The summed E-state index contributed by atoms with van der Waals surface area (Å²) in [5.41, 5.74) is -4.00. The van der Waals surface area contributed by atoms with Gasteiger partial charge in [-0.05, 0) is 29.2 Å². The fourth-order valence-corrected chi connectivity index (χ4v) is 3.82. The van der Waals surface area contributed by atoms with Crippen LogP contribution in [0, 0.1) is 0 Å². The van der Waals surface area contributed by atoms with Crippen LogP contribution in [-0.2, 0) is 16.6 Å². The number of H-pyrrole nitrogens is 1. The molecular weight excluding hydrogens is 467 g/mol. The summed E-state index contributed by atoms with van der Waals surface area (Å²) in [7, 11) is 0. The first-order chi connectivity index (χ1) is 13.8. The molecule has 1 amide bonds. The molecule has 3 N–H and O–H groups in total. The number of allylic oxidation sites excluding steroid dienone is 2. The first kappa shape index (κ1) is 22.2. The number of halogens is 4. The van der Waals surface area contributed by atoms with Gasteiger partial charge in [0.1, 0.15) is 5.75 Å². The lowest BCUT2D eigenvalue weighted by Gasteiger charge is -2.36. The molecular formula is C20H19BrF3N3O3. The number of hydrogen-bond acceptors (Lipinski definition) is 4. The first-order valence-electron chi connectivity index (χ1n) is 8.95. The van der Waals surface area contributed by atoms with E-state index < -0.39 is 29.5 Å². The monoisotopic (exact) mass is 485 g/mol. The van der Waals surface area contributed by atoms with E-state index in [1.165, 1.54) is 38.3 Å². The van der Waals surface area contributed by atoms with Crippen LogP contribution in [0.5, 0.6) is 5.75 Å². The van der Waals surface area contributed by atoms with Gasteiger partial charge in [-0.15, -0.1) is 0 Å². The van der Waals surface area contributed by atoms with Crippen molar-refractivity contribution in [2.45, 2.75) is 43.9 Å². The number of alkyl halides is 3. The van der Waals surface area contributed by atoms with Crippen molar-refractivity contribution in [1.82, 2.24) is 10.2 Å². The largest absolute Gasteiger partial charge is 0.508 e. The Labute approximate surface area is 178 Å². The number of nitrogens with zero attached hydrogens (tertiary/aromatic N) is 2. The molecule has 0 bridgehead atoms. The topological polar surface area (TPSA) is 98.6 Å². The molecule has 1 atom stereocenters. The minimum atomic E-state index is -5.28. The van der Waals surface area contributed by atoms with Gasteiger partial charge in [0.05, 0.1) is 11.9 Å². The minimum absolute atomic E-state index is 0.0121. The summed E-state index contributed by atoms with van der Waals surface area (Å²) in [5, 5.41) is 27.3. The zero-order chi connectivity index (χ0) is 22.3. The molecule has 0 saturated heterocycles. The lowest BCUT2D eigenvalue weighted by atomic mass is 9.74. The van der Waals surface area contributed by atoms with Gasteiger partial charge in [-0.2, -0.15) is 18.3 Å². The summed E-state index contributed by atoms with van der Waals surface area (Å²) >= 11 is 3.17. The number of carbonyl (C=O) groups excluding carboxylic acids is 1. The number of amides is 1. The predicted molar refractivity (Wildman–Crippen MR) is 107 cm³/mol. The molecule has 6 nitrogen and oxygen atoms in total. The number of carbonyl (C=O) groups is 1. The van der Waals surface area contributed by atoms with Gasteiger partial charge in [-0.1, -0.05) is 41.9 Å². The van der Waals surface area contributed by atoms with Crippen LogP contribution >= 0.6 is 15.9 Å². The lowest BCUT2D eigenvalue weighted by molar-refractivity contribution is -0.255. The average Bonchev–Trinajstić information content (AvgIpc) is 3.09. The fourth-order valence-electron chi connectivity index (χ4n) is 3.48. The maximum absolute atomic E-state index is 13.9. The smallest absolute Gasteiger partial charge is 0.426 e. The number of aliphatic hydroxyl groups is 1. The van der Waals surface area contributed by atoms with E-state index in [2.05, 4.69) is 31.1 Å². The third-order valence-corrected chi connectivity index (χ3v) is 5.52. The van der Waals surface area contributed by atoms with Crippen LogP contribution in [-0.4, -0.2) is 43.8 Å². The second-order valence-electron chi connectivity index (χ2n) is 7.75. The molecule has 1 aliphatic carbocycles. The van der Waals surface area contributed by atoms with Crippen LogP contribution in [0.4, 0.5) is 13.2 Å². The van der Waals surface area contributed by atoms with Crippen molar-refractivity contribution in [1.29, 1.82) is 0 Å². The quantitative estimate of drug-likeness (QED) is 0.610. The Morgan fingerprint density at radius 1 is 1.33 bits per heavy atom. The van der Waals surface area contributed by atoms with Crippen LogP contribution in [0.3, 0.4) is 0 Å². The molecule has 160 valence electrons. The van der Waals surface area contributed by atoms with Crippen molar-refractivity contribution >= 4 is 27.5 Å². The molecule has 30 heavy (non-hydrogen) atoms. The average molecular weight is 486 g/mol. The zero-order valence-electron chi connectivity index (χ0n) is 16.1. The number of rotatable bonds is 4. The number of aromatic hydroxyl groups is 1. The zero-order valence-corrected chi connectivity index (χ0v) is 17.7. The van der Waals surface area contributed by atoms with E-state index in [1.807, 2.05) is 0 Å². The molecule has 1 unspecified atom stereocenters. The highest BCUT2D eigenvalue weighted by molar-refractivity contribution is 9.10. The number of phenols is 1. The van der Waals surface area contributed by atoms with Crippen molar-refractivity contribution in [2.24, 2.45) is 4.99 Å². The molecule has 1 heterocycles. The number of hydrogen-bond donors (Lipinski definition) is 3. The van der Waals surface area contributed by atoms with Crippen molar-refractivity contribution < 1.29 is 28.2 Å².